The number of nitrogens with zero attached hydrogens (tertiary/aromatic N) is 4. The van der Waals surface area contributed by atoms with Gasteiger partial charge in [-0.2, -0.15) is 4.31 Å². The summed E-state index contributed by atoms with van der Waals surface area (Å²) in [7, 11) is -3.84. The molecule has 4 aromatic rings. The fraction of sp³-hybridized carbons (Fsp3) is 0.406. The number of carboxylic acids is 1. The van der Waals surface area contributed by atoms with Crippen LogP contribution in [0.4, 0.5) is 0 Å². The standard InChI is InChI=1S/C32H38N4O5S/c1-7-24-19-35(42(39,40)28-12-10-9-11-27(28)41-24)18-23-17-22(14-13-20(23)3)29(32(5,6)31(37)38)25-15-16-26-30(21(25)4)33-34-36(26)8-2/h9-17,24,29H,7-8,18-19H2,1-6H3,(H,37,38)/t24-,29+/m1/s1. The van der Waals surface area contributed by atoms with Crippen molar-refractivity contribution in [2.75, 3.05) is 6.54 Å². The van der Waals surface area contributed by atoms with E-state index in [4.69, 9.17) is 4.74 Å². The minimum absolute atomic E-state index is 0.138. The van der Waals surface area contributed by atoms with Crippen LogP contribution in [0.1, 0.15) is 67.9 Å². The molecule has 1 aliphatic rings. The molecule has 1 aromatic heterocycles. The maximum Gasteiger partial charge on any atom is 0.310 e. The lowest BCUT2D eigenvalue weighted by molar-refractivity contribution is -0.147. The lowest BCUT2D eigenvalue weighted by atomic mass is 9.69. The molecule has 0 radical (unpaired) electrons. The molecule has 42 heavy (non-hydrogen) atoms. The zero-order valence-electron chi connectivity index (χ0n) is 25.0. The van der Waals surface area contributed by atoms with Gasteiger partial charge in [0.1, 0.15) is 22.3 Å². The van der Waals surface area contributed by atoms with Crippen molar-refractivity contribution in [3.8, 4) is 5.75 Å². The van der Waals surface area contributed by atoms with Gasteiger partial charge in [0.15, 0.2) is 0 Å². The molecule has 222 valence electrons. The molecule has 1 aliphatic heterocycles. The fourth-order valence-electron chi connectivity index (χ4n) is 5.87. The summed E-state index contributed by atoms with van der Waals surface area (Å²) in [6.07, 6.45) is 0.357. The first-order valence-electron chi connectivity index (χ1n) is 14.3. The first kappa shape index (κ1) is 29.7. The number of fused-ring (bicyclic) bond motifs is 2. The Morgan fingerprint density at radius 1 is 1.12 bits per heavy atom. The Labute approximate surface area is 247 Å². The average Bonchev–Trinajstić information content (AvgIpc) is 3.34. The molecule has 2 atom stereocenters. The first-order chi connectivity index (χ1) is 19.9. The number of aryl methyl sites for hydroxylation is 3. The Hall–Kier alpha value is -3.76. The average molecular weight is 591 g/mol. The zero-order valence-corrected chi connectivity index (χ0v) is 25.8. The lowest BCUT2D eigenvalue weighted by Gasteiger charge is -2.33. The van der Waals surface area contributed by atoms with Gasteiger partial charge in [0.25, 0.3) is 0 Å². The highest BCUT2D eigenvalue weighted by Crippen LogP contribution is 2.44. The van der Waals surface area contributed by atoms with Crippen LogP contribution in [0.15, 0.2) is 59.5 Å². The van der Waals surface area contributed by atoms with Crippen LogP contribution in [0.3, 0.4) is 0 Å². The van der Waals surface area contributed by atoms with E-state index in [9.17, 15) is 18.3 Å². The van der Waals surface area contributed by atoms with Crippen LogP contribution in [-0.2, 0) is 27.9 Å². The van der Waals surface area contributed by atoms with Crippen LogP contribution in [0, 0.1) is 19.3 Å². The summed E-state index contributed by atoms with van der Waals surface area (Å²) in [4.78, 5) is 12.8. The van der Waals surface area contributed by atoms with E-state index < -0.39 is 27.3 Å². The number of sulfonamides is 1. The van der Waals surface area contributed by atoms with E-state index >= 15 is 0 Å². The third kappa shape index (κ3) is 5.07. The van der Waals surface area contributed by atoms with Crippen LogP contribution in [0.5, 0.6) is 5.75 Å². The molecule has 5 rings (SSSR count). The highest BCUT2D eigenvalue weighted by Gasteiger charge is 2.41. The second-order valence-corrected chi connectivity index (χ2v) is 13.5. The van der Waals surface area contributed by atoms with Crippen LogP contribution in [0.25, 0.3) is 11.0 Å². The molecule has 0 saturated carbocycles. The van der Waals surface area contributed by atoms with E-state index in [2.05, 4.69) is 10.3 Å². The molecular formula is C32H38N4O5S. The molecular weight excluding hydrogens is 552 g/mol. The highest BCUT2D eigenvalue weighted by molar-refractivity contribution is 7.89. The van der Waals surface area contributed by atoms with Gasteiger partial charge in [-0.05, 0) is 87.1 Å². The van der Waals surface area contributed by atoms with E-state index in [0.29, 0.717) is 18.7 Å². The molecule has 2 heterocycles. The van der Waals surface area contributed by atoms with Gasteiger partial charge in [0.2, 0.25) is 10.0 Å². The minimum Gasteiger partial charge on any atom is -0.488 e. The van der Waals surface area contributed by atoms with Crippen molar-refractivity contribution >= 4 is 27.0 Å². The topological polar surface area (TPSA) is 115 Å². The van der Waals surface area contributed by atoms with Crippen LogP contribution >= 0.6 is 0 Å². The van der Waals surface area contributed by atoms with E-state index in [0.717, 1.165) is 38.9 Å². The van der Waals surface area contributed by atoms with E-state index in [1.165, 1.54) is 4.31 Å². The third-order valence-corrected chi connectivity index (χ3v) is 10.4. The molecule has 1 N–H and O–H groups in total. The third-order valence-electron chi connectivity index (χ3n) is 8.54. The molecule has 0 unspecified atom stereocenters. The Balaban J connectivity index is 1.62. The van der Waals surface area contributed by atoms with Crippen LogP contribution < -0.4 is 4.74 Å². The van der Waals surface area contributed by atoms with Crippen molar-refractivity contribution in [3.05, 3.63) is 82.4 Å². The molecule has 0 fully saturated rings. The van der Waals surface area contributed by atoms with Crippen molar-refractivity contribution in [2.24, 2.45) is 5.41 Å². The number of ether oxygens (including phenoxy) is 1. The van der Waals surface area contributed by atoms with E-state index in [1.54, 1.807) is 38.1 Å². The molecule has 0 saturated heterocycles. The quantitative estimate of drug-likeness (QED) is 0.281. The number of carboxylic acid groups (broad SMARTS) is 1. The molecule has 3 aromatic carbocycles. The van der Waals surface area contributed by atoms with Gasteiger partial charge in [-0.3, -0.25) is 4.79 Å². The maximum atomic E-state index is 13.8. The second-order valence-electron chi connectivity index (χ2n) is 11.6. The molecule has 10 heteroatoms. The SMILES string of the molecule is CC[C@@H]1CN(Cc2cc([C@@H](c3ccc4c(nnn4CC)c3C)C(C)(C)C(=O)O)ccc2C)S(=O)(=O)c2ccccc2O1. The number of para-hydroxylation sites is 1. The van der Waals surface area contributed by atoms with Gasteiger partial charge in [-0.15, -0.1) is 5.10 Å². The summed E-state index contributed by atoms with van der Waals surface area (Å²) in [5.41, 5.74) is 4.72. The Morgan fingerprint density at radius 3 is 2.55 bits per heavy atom. The largest absolute Gasteiger partial charge is 0.488 e. The number of hydrogen-bond acceptors (Lipinski definition) is 6. The Morgan fingerprint density at radius 2 is 1.86 bits per heavy atom. The predicted octanol–water partition coefficient (Wildman–Crippen LogP) is 5.67. The molecule has 0 amide bonds. The Bertz CT molecular complexity index is 1760. The van der Waals surface area contributed by atoms with Crippen molar-refractivity contribution in [3.63, 3.8) is 0 Å². The second kappa shape index (κ2) is 11.1. The Kier molecular flexibility index (Phi) is 7.89. The van der Waals surface area contributed by atoms with Gasteiger partial charge in [0, 0.05) is 19.0 Å². The van der Waals surface area contributed by atoms with Crippen molar-refractivity contribution < 1.29 is 23.1 Å². The molecule has 0 bridgehead atoms. The minimum atomic E-state index is -3.84. The van der Waals surface area contributed by atoms with Gasteiger partial charge < -0.3 is 9.84 Å². The van der Waals surface area contributed by atoms with Gasteiger partial charge in [0.05, 0.1) is 17.5 Å². The summed E-state index contributed by atoms with van der Waals surface area (Å²) in [6.45, 7) is 12.4. The van der Waals surface area contributed by atoms with Gasteiger partial charge in [-0.25, -0.2) is 13.1 Å². The van der Waals surface area contributed by atoms with Crippen molar-refractivity contribution in [1.29, 1.82) is 0 Å². The predicted molar refractivity (Wildman–Crippen MR) is 161 cm³/mol. The summed E-state index contributed by atoms with van der Waals surface area (Å²) >= 11 is 0. The highest BCUT2D eigenvalue weighted by atomic mass is 32.2. The van der Waals surface area contributed by atoms with Gasteiger partial charge in [-0.1, -0.05) is 48.5 Å². The summed E-state index contributed by atoms with van der Waals surface area (Å²) in [5, 5.41) is 19.0. The van der Waals surface area contributed by atoms with E-state index in [-0.39, 0.29) is 24.1 Å². The van der Waals surface area contributed by atoms with Crippen molar-refractivity contribution in [2.45, 2.75) is 78.0 Å². The summed E-state index contributed by atoms with van der Waals surface area (Å²) in [5.74, 6) is -1.09. The number of aromatic nitrogens is 3. The first-order valence-corrected chi connectivity index (χ1v) is 15.7. The number of benzene rings is 3. The number of carbonyl (C=O) groups is 1. The summed E-state index contributed by atoms with van der Waals surface area (Å²) in [6, 6.07) is 16.5. The number of aliphatic carboxylic acids is 1. The maximum absolute atomic E-state index is 13.8. The molecule has 0 aliphatic carbocycles. The zero-order chi connectivity index (χ0) is 30.4. The lowest BCUT2D eigenvalue weighted by Crippen LogP contribution is -2.36. The normalized spacial score (nSPS) is 17.8. The monoisotopic (exact) mass is 590 g/mol. The van der Waals surface area contributed by atoms with Crippen LogP contribution in [0.2, 0.25) is 0 Å². The van der Waals surface area contributed by atoms with E-state index in [1.807, 2.05) is 62.7 Å². The van der Waals surface area contributed by atoms with Crippen LogP contribution in [-0.4, -0.2) is 51.4 Å². The number of hydrogen-bond donors (Lipinski definition) is 1. The smallest absolute Gasteiger partial charge is 0.310 e. The summed E-state index contributed by atoms with van der Waals surface area (Å²) < 4.78 is 37.1. The van der Waals surface area contributed by atoms with Crippen molar-refractivity contribution in [1.82, 2.24) is 19.3 Å². The fourth-order valence-corrected chi connectivity index (χ4v) is 7.44. The molecule has 9 nitrogen and oxygen atoms in total. The molecule has 0 spiro atoms. The van der Waals surface area contributed by atoms with Gasteiger partial charge >= 0.3 is 5.97 Å². The number of rotatable bonds is 8.